The Labute approximate surface area is 69.8 Å². The van der Waals surface area contributed by atoms with Gasteiger partial charge in [-0.05, 0) is 18.6 Å². The van der Waals surface area contributed by atoms with Crippen molar-refractivity contribution in [3.63, 3.8) is 0 Å². The van der Waals surface area contributed by atoms with Gasteiger partial charge in [0.05, 0.1) is 4.34 Å². The topological polar surface area (TPSA) is 26.0 Å². The van der Waals surface area contributed by atoms with Crippen molar-refractivity contribution in [3.8, 4) is 0 Å². The van der Waals surface area contributed by atoms with Crippen molar-refractivity contribution in [3.05, 3.63) is 21.3 Å². The Morgan fingerprint density at radius 2 is 2.40 bits per heavy atom. The minimum absolute atomic E-state index is 0.164. The number of hydrogen-bond donors (Lipinski definition) is 1. The largest absolute Gasteiger partial charge is 0.323 e. The van der Waals surface area contributed by atoms with Gasteiger partial charge in [-0.15, -0.1) is 11.3 Å². The van der Waals surface area contributed by atoms with Crippen molar-refractivity contribution in [2.24, 2.45) is 5.73 Å². The molecule has 56 valence electrons. The molecule has 0 unspecified atom stereocenters. The molecule has 1 aromatic heterocycles. The molecule has 2 N–H and O–H groups in total. The van der Waals surface area contributed by atoms with Gasteiger partial charge in [0.1, 0.15) is 0 Å². The van der Waals surface area contributed by atoms with E-state index in [9.17, 15) is 0 Å². The summed E-state index contributed by atoms with van der Waals surface area (Å²) in [6.45, 7) is 2.07. The molecule has 1 heterocycles. The predicted octanol–water partition coefficient (Wildman–Crippen LogP) is 2.81. The van der Waals surface area contributed by atoms with Crippen molar-refractivity contribution < 1.29 is 0 Å². The third kappa shape index (κ3) is 1.72. The van der Waals surface area contributed by atoms with Crippen molar-refractivity contribution in [1.29, 1.82) is 0 Å². The van der Waals surface area contributed by atoms with E-state index in [1.807, 2.05) is 12.1 Å². The van der Waals surface area contributed by atoms with Crippen LogP contribution in [-0.2, 0) is 0 Å². The van der Waals surface area contributed by atoms with Crippen LogP contribution < -0.4 is 5.73 Å². The lowest BCUT2D eigenvalue weighted by Gasteiger charge is -2.02. The highest BCUT2D eigenvalue weighted by Gasteiger charge is 2.04. The minimum atomic E-state index is 0.164. The van der Waals surface area contributed by atoms with Crippen LogP contribution in [0.2, 0.25) is 4.34 Å². The Morgan fingerprint density at radius 3 is 2.80 bits per heavy atom. The van der Waals surface area contributed by atoms with Crippen molar-refractivity contribution in [1.82, 2.24) is 0 Å². The first-order valence-electron chi connectivity index (χ1n) is 3.25. The Hall–Kier alpha value is -0.0500. The highest BCUT2D eigenvalue weighted by molar-refractivity contribution is 7.16. The molecule has 0 aliphatic carbocycles. The van der Waals surface area contributed by atoms with Crippen LogP contribution in [0.3, 0.4) is 0 Å². The van der Waals surface area contributed by atoms with Crippen LogP contribution in [0.25, 0.3) is 0 Å². The van der Waals surface area contributed by atoms with Gasteiger partial charge in [0.25, 0.3) is 0 Å². The van der Waals surface area contributed by atoms with Gasteiger partial charge >= 0.3 is 0 Å². The molecule has 1 rings (SSSR count). The van der Waals surface area contributed by atoms with E-state index in [1.165, 1.54) is 4.88 Å². The summed E-state index contributed by atoms with van der Waals surface area (Å²) in [6.07, 6.45) is 0.969. The van der Waals surface area contributed by atoms with E-state index >= 15 is 0 Å². The Morgan fingerprint density at radius 1 is 1.70 bits per heavy atom. The lowest BCUT2D eigenvalue weighted by atomic mass is 10.2. The number of hydrogen-bond acceptors (Lipinski definition) is 2. The molecule has 0 aromatic carbocycles. The average molecular weight is 176 g/mol. The molecule has 1 aromatic rings. The van der Waals surface area contributed by atoms with E-state index in [1.54, 1.807) is 11.3 Å². The number of rotatable bonds is 2. The second kappa shape index (κ2) is 3.37. The van der Waals surface area contributed by atoms with Crippen LogP contribution in [0.4, 0.5) is 0 Å². The molecule has 0 aliphatic rings. The van der Waals surface area contributed by atoms with Crippen LogP contribution >= 0.6 is 22.9 Å². The molecule has 0 aliphatic heterocycles. The molecule has 10 heavy (non-hydrogen) atoms. The third-order valence-corrected chi connectivity index (χ3v) is 2.76. The van der Waals surface area contributed by atoms with E-state index in [-0.39, 0.29) is 6.04 Å². The van der Waals surface area contributed by atoms with Crippen LogP contribution in [0, 0.1) is 0 Å². The quantitative estimate of drug-likeness (QED) is 0.735. The summed E-state index contributed by atoms with van der Waals surface area (Å²) in [7, 11) is 0. The van der Waals surface area contributed by atoms with Gasteiger partial charge in [0.15, 0.2) is 0 Å². The van der Waals surface area contributed by atoms with Gasteiger partial charge in [-0.2, -0.15) is 0 Å². The predicted molar refractivity (Wildman–Crippen MR) is 46.5 cm³/mol. The molecule has 0 fully saturated rings. The first kappa shape index (κ1) is 8.05. The molecular weight excluding hydrogens is 166 g/mol. The first-order valence-corrected chi connectivity index (χ1v) is 4.44. The van der Waals surface area contributed by atoms with Gasteiger partial charge in [0, 0.05) is 10.9 Å². The summed E-state index contributed by atoms with van der Waals surface area (Å²) in [5, 5.41) is 0. The second-order valence-corrected chi connectivity index (χ2v) is 3.90. The minimum Gasteiger partial charge on any atom is -0.323 e. The molecule has 0 saturated heterocycles. The molecule has 0 spiro atoms. The fourth-order valence-electron chi connectivity index (χ4n) is 0.729. The van der Waals surface area contributed by atoms with E-state index in [4.69, 9.17) is 17.3 Å². The Bertz CT molecular complexity index is 209. The molecule has 0 amide bonds. The summed E-state index contributed by atoms with van der Waals surface area (Å²) in [4.78, 5) is 1.17. The standard InChI is InChI=1S/C7H10ClNS/c1-2-5(9)6-3-4-7(8)10-6/h3-5H,2,9H2,1H3/t5-/m1/s1. The third-order valence-electron chi connectivity index (χ3n) is 1.40. The van der Waals surface area contributed by atoms with E-state index in [0.717, 1.165) is 10.8 Å². The number of nitrogens with two attached hydrogens (primary N) is 1. The number of halogens is 1. The molecule has 0 bridgehead atoms. The normalized spacial score (nSPS) is 13.5. The van der Waals surface area contributed by atoms with E-state index in [0.29, 0.717) is 0 Å². The van der Waals surface area contributed by atoms with E-state index < -0.39 is 0 Å². The Kier molecular flexibility index (Phi) is 2.72. The lowest BCUT2D eigenvalue weighted by Crippen LogP contribution is -2.05. The van der Waals surface area contributed by atoms with E-state index in [2.05, 4.69) is 6.92 Å². The molecule has 3 heteroatoms. The summed E-state index contributed by atoms with van der Waals surface area (Å²) in [5.74, 6) is 0. The van der Waals surface area contributed by atoms with Crippen LogP contribution in [-0.4, -0.2) is 0 Å². The maximum Gasteiger partial charge on any atom is 0.0931 e. The van der Waals surface area contributed by atoms with Crippen LogP contribution in [0.1, 0.15) is 24.3 Å². The number of thiophene rings is 1. The van der Waals surface area contributed by atoms with Gasteiger partial charge in [-0.1, -0.05) is 18.5 Å². The van der Waals surface area contributed by atoms with Crippen molar-refractivity contribution >= 4 is 22.9 Å². The molecule has 0 radical (unpaired) electrons. The molecule has 0 saturated carbocycles. The van der Waals surface area contributed by atoms with Gasteiger partial charge in [-0.25, -0.2) is 0 Å². The summed E-state index contributed by atoms with van der Waals surface area (Å²) in [5.41, 5.74) is 5.76. The second-order valence-electron chi connectivity index (χ2n) is 2.16. The Balaban J connectivity index is 2.74. The highest BCUT2D eigenvalue weighted by atomic mass is 35.5. The summed E-state index contributed by atoms with van der Waals surface area (Å²) in [6, 6.07) is 4.04. The maximum atomic E-state index is 5.76. The zero-order valence-corrected chi connectivity index (χ0v) is 7.38. The van der Waals surface area contributed by atoms with Gasteiger partial charge < -0.3 is 5.73 Å². The van der Waals surface area contributed by atoms with Gasteiger partial charge in [0.2, 0.25) is 0 Å². The molecule has 1 atom stereocenters. The summed E-state index contributed by atoms with van der Waals surface area (Å²) < 4.78 is 0.818. The smallest absolute Gasteiger partial charge is 0.0931 e. The maximum absolute atomic E-state index is 5.76. The lowest BCUT2D eigenvalue weighted by molar-refractivity contribution is 0.712. The average Bonchev–Trinajstić information content (AvgIpc) is 2.34. The SMILES string of the molecule is CC[C@@H](N)c1ccc(Cl)s1. The molecular formula is C7H10ClNS. The zero-order valence-electron chi connectivity index (χ0n) is 5.80. The monoisotopic (exact) mass is 175 g/mol. The fourth-order valence-corrected chi connectivity index (χ4v) is 1.87. The first-order chi connectivity index (χ1) is 4.74. The van der Waals surface area contributed by atoms with Crippen molar-refractivity contribution in [2.75, 3.05) is 0 Å². The van der Waals surface area contributed by atoms with Crippen LogP contribution in [0.5, 0.6) is 0 Å². The van der Waals surface area contributed by atoms with Gasteiger partial charge in [-0.3, -0.25) is 0 Å². The highest BCUT2D eigenvalue weighted by Crippen LogP contribution is 2.26. The molecule has 1 nitrogen and oxygen atoms in total. The fraction of sp³-hybridized carbons (Fsp3) is 0.429. The zero-order chi connectivity index (χ0) is 7.56. The van der Waals surface area contributed by atoms with Crippen molar-refractivity contribution in [2.45, 2.75) is 19.4 Å². The summed E-state index contributed by atoms with van der Waals surface area (Å²) >= 11 is 7.29. The van der Waals surface area contributed by atoms with Crippen LogP contribution in [0.15, 0.2) is 12.1 Å².